The average molecular weight is 156 g/mol. The van der Waals surface area contributed by atoms with Gasteiger partial charge in [-0.3, -0.25) is 0 Å². The minimum Gasteiger partial charge on any atom is -0.352 e. The van der Waals surface area contributed by atoms with Gasteiger partial charge in [-0.2, -0.15) is 8.42 Å². The maximum absolute atomic E-state index is 9.19. The molecule has 0 aliphatic rings. The van der Waals surface area contributed by atoms with E-state index in [9.17, 15) is 8.42 Å². The van der Waals surface area contributed by atoms with Crippen molar-refractivity contribution < 1.29 is 13.2 Å². The normalized spacial score (nSPS) is 9.11. The van der Waals surface area contributed by atoms with E-state index in [4.69, 9.17) is 4.79 Å². The first-order chi connectivity index (χ1) is 3.73. The summed E-state index contributed by atoms with van der Waals surface area (Å²) in [6, 6.07) is -0.833. The predicted molar refractivity (Wildman–Crippen MR) is 31.1 cm³/mol. The molecular weight excluding hydrogens is 148 g/mol. The minimum absolute atomic E-state index is 0.833. The molecule has 0 aromatic heterocycles. The van der Waals surface area contributed by atoms with Crippen molar-refractivity contribution in [1.82, 2.24) is 0 Å². The Morgan fingerprint density at radius 3 is 1.11 bits per heavy atom. The van der Waals surface area contributed by atoms with Gasteiger partial charge in [0.15, 0.2) is 0 Å². The van der Waals surface area contributed by atoms with E-state index >= 15 is 0 Å². The second kappa shape index (κ2) is 4.06. The minimum atomic E-state index is -3.67. The fourth-order valence-electron chi connectivity index (χ4n) is 0. The zero-order valence-corrected chi connectivity index (χ0v) is 5.26. The Balaban J connectivity index is 0. The second-order valence-corrected chi connectivity index (χ2v) is 2.17. The highest BCUT2D eigenvalue weighted by molar-refractivity contribution is 7.86. The summed E-state index contributed by atoms with van der Waals surface area (Å²) in [5.41, 5.74) is 8.50. The number of hydrogen-bond acceptors (Lipinski definition) is 3. The summed E-state index contributed by atoms with van der Waals surface area (Å²) in [6.07, 6.45) is 0. The van der Waals surface area contributed by atoms with Crippen LogP contribution in [0, 0.1) is 0 Å². The molecule has 56 valence electrons. The van der Waals surface area contributed by atoms with Crippen LogP contribution < -0.4 is 21.7 Å². The molecule has 0 atom stereocenters. The van der Waals surface area contributed by atoms with E-state index < -0.39 is 16.2 Å². The van der Waals surface area contributed by atoms with Gasteiger partial charge in [0.25, 0.3) is 10.2 Å². The summed E-state index contributed by atoms with van der Waals surface area (Å²) in [5.74, 6) is 0. The number of urea groups is 1. The number of nitrogens with two attached hydrogens (primary N) is 4. The van der Waals surface area contributed by atoms with Gasteiger partial charge in [-0.15, -0.1) is 0 Å². The number of hydrogen-bond donors (Lipinski definition) is 4. The molecule has 0 bridgehead atoms. The van der Waals surface area contributed by atoms with Crippen LogP contribution in [0.1, 0.15) is 0 Å². The van der Waals surface area contributed by atoms with Gasteiger partial charge >= 0.3 is 6.03 Å². The zero-order chi connectivity index (χ0) is 8.08. The Hall–Kier alpha value is -0.860. The van der Waals surface area contributed by atoms with E-state index in [1.807, 2.05) is 0 Å². The second-order valence-electron chi connectivity index (χ2n) is 0.991. The number of carbonyl (C=O) groups is 1. The molecular formula is CH8N4O3S. The molecule has 0 unspecified atom stereocenters. The molecule has 8 N–H and O–H groups in total. The highest BCUT2D eigenvalue weighted by Gasteiger charge is 1.78. The zero-order valence-electron chi connectivity index (χ0n) is 4.44. The van der Waals surface area contributed by atoms with Gasteiger partial charge in [-0.1, -0.05) is 0 Å². The molecule has 0 radical (unpaired) electrons. The average Bonchev–Trinajstić information content (AvgIpc) is 1.19. The highest BCUT2D eigenvalue weighted by Crippen LogP contribution is 1.40. The number of amides is 2. The first-order valence-corrected chi connectivity index (χ1v) is 3.20. The number of primary amides is 2. The summed E-state index contributed by atoms with van der Waals surface area (Å²) in [4.78, 5) is 9.00. The molecule has 0 aromatic carbocycles. The predicted octanol–water partition coefficient (Wildman–Crippen LogP) is -2.83. The van der Waals surface area contributed by atoms with E-state index in [0.717, 1.165) is 0 Å². The van der Waals surface area contributed by atoms with E-state index in [2.05, 4.69) is 21.7 Å². The Labute approximate surface area is 52.2 Å². The van der Waals surface area contributed by atoms with Crippen molar-refractivity contribution >= 4 is 16.2 Å². The van der Waals surface area contributed by atoms with Crippen molar-refractivity contribution in [2.24, 2.45) is 21.7 Å². The van der Waals surface area contributed by atoms with Crippen LogP contribution in [0.2, 0.25) is 0 Å². The summed E-state index contributed by atoms with van der Waals surface area (Å²) >= 11 is 0. The highest BCUT2D eigenvalue weighted by atomic mass is 32.2. The molecule has 0 aromatic rings. The lowest BCUT2D eigenvalue weighted by Gasteiger charge is -1.72. The van der Waals surface area contributed by atoms with Crippen LogP contribution in [0.3, 0.4) is 0 Å². The summed E-state index contributed by atoms with van der Waals surface area (Å²) in [5, 5.41) is 8.21. The maximum atomic E-state index is 9.19. The van der Waals surface area contributed by atoms with Crippen molar-refractivity contribution in [3.63, 3.8) is 0 Å². The molecule has 0 aliphatic carbocycles. The van der Waals surface area contributed by atoms with Crippen molar-refractivity contribution in [1.29, 1.82) is 0 Å². The first kappa shape index (κ1) is 11.0. The standard InChI is InChI=1S/CH4N2O.H4N2O2S/c2-1(3)4;1-5(2,3)4/h(H4,2,3,4);(H4,1,2,3,4). The van der Waals surface area contributed by atoms with E-state index in [1.54, 1.807) is 0 Å². The lowest BCUT2D eigenvalue weighted by Crippen LogP contribution is -2.21. The Bertz CT molecular complexity index is 158. The largest absolute Gasteiger partial charge is 0.352 e. The molecule has 0 rings (SSSR count). The van der Waals surface area contributed by atoms with Crippen LogP contribution in [0.15, 0.2) is 0 Å². The summed E-state index contributed by atoms with van der Waals surface area (Å²) in [7, 11) is -3.67. The quantitative estimate of drug-likeness (QED) is 0.298. The van der Waals surface area contributed by atoms with Crippen molar-refractivity contribution in [3.05, 3.63) is 0 Å². The molecule has 0 heterocycles. The molecule has 2 amide bonds. The third-order valence-corrected chi connectivity index (χ3v) is 0. The van der Waals surface area contributed by atoms with Gasteiger partial charge in [0, 0.05) is 0 Å². The molecule has 0 saturated carbocycles. The SMILES string of the molecule is NC(N)=O.NS(N)(=O)=O. The van der Waals surface area contributed by atoms with Gasteiger partial charge in [0.05, 0.1) is 0 Å². The summed E-state index contributed by atoms with van der Waals surface area (Å²) < 4.78 is 18.4. The molecule has 0 fully saturated rings. The third kappa shape index (κ3) is 255. The molecule has 8 heteroatoms. The lowest BCUT2D eigenvalue weighted by molar-refractivity contribution is 0.256. The fraction of sp³-hybridized carbons (Fsp3) is 0. The number of carbonyl (C=O) groups excluding carboxylic acids is 1. The van der Waals surface area contributed by atoms with E-state index in [-0.39, 0.29) is 0 Å². The van der Waals surface area contributed by atoms with Gasteiger partial charge in [-0.25, -0.2) is 15.1 Å². The monoisotopic (exact) mass is 156 g/mol. The summed E-state index contributed by atoms with van der Waals surface area (Å²) in [6.45, 7) is 0. The van der Waals surface area contributed by atoms with Crippen molar-refractivity contribution in [3.8, 4) is 0 Å². The topological polar surface area (TPSA) is 155 Å². The van der Waals surface area contributed by atoms with Crippen molar-refractivity contribution in [2.75, 3.05) is 0 Å². The van der Waals surface area contributed by atoms with Gasteiger partial charge < -0.3 is 11.5 Å². The first-order valence-electron chi connectivity index (χ1n) is 1.59. The third-order valence-electron chi connectivity index (χ3n) is 0. The van der Waals surface area contributed by atoms with Crippen LogP contribution in [-0.2, 0) is 10.2 Å². The lowest BCUT2D eigenvalue weighted by atomic mass is 11.2. The molecule has 0 spiro atoms. The van der Waals surface area contributed by atoms with E-state index in [0.29, 0.717) is 0 Å². The molecule has 7 nitrogen and oxygen atoms in total. The molecule has 0 aliphatic heterocycles. The van der Waals surface area contributed by atoms with Gasteiger partial charge in [0.2, 0.25) is 0 Å². The maximum Gasteiger partial charge on any atom is 0.309 e. The Morgan fingerprint density at radius 2 is 1.11 bits per heavy atom. The van der Waals surface area contributed by atoms with E-state index in [1.165, 1.54) is 0 Å². The van der Waals surface area contributed by atoms with Crippen LogP contribution in [0.5, 0.6) is 0 Å². The molecule has 0 saturated heterocycles. The van der Waals surface area contributed by atoms with Gasteiger partial charge in [0.1, 0.15) is 0 Å². The van der Waals surface area contributed by atoms with Crippen molar-refractivity contribution in [2.45, 2.75) is 0 Å². The Kier molecular flexibility index (Phi) is 4.97. The van der Waals surface area contributed by atoms with Crippen LogP contribution >= 0.6 is 0 Å². The smallest absolute Gasteiger partial charge is 0.309 e. The fourth-order valence-corrected chi connectivity index (χ4v) is 0. The van der Waals surface area contributed by atoms with Crippen LogP contribution in [-0.4, -0.2) is 14.4 Å². The van der Waals surface area contributed by atoms with Gasteiger partial charge in [-0.05, 0) is 0 Å². The Morgan fingerprint density at radius 1 is 1.11 bits per heavy atom. The van der Waals surface area contributed by atoms with Crippen LogP contribution in [0.4, 0.5) is 4.79 Å². The number of rotatable bonds is 0. The molecule has 9 heavy (non-hydrogen) atoms. The van der Waals surface area contributed by atoms with Crippen LogP contribution in [0.25, 0.3) is 0 Å².